The lowest BCUT2D eigenvalue weighted by atomic mass is 10.2. The van der Waals surface area contributed by atoms with Crippen LogP contribution in [0.1, 0.15) is 30.0 Å². The molecule has 0 aliphatic heterocycles. The fraction of sp³-hybridized carbons (Fsp3) is 0.333. The van der Waals surface area contributed by atoms with Gasteiger partial charge in [-0.1, -0.05) is 34.1 Å². The highest BCUT2D eigenvalue weighted by molar-refractivity contribution is 9.10. The summed E-state index contributed by atoms with van der Waals surface area (Å²) in [5.74, 6) is -0.265. The van der Waals surface area contributed by atoms with E-state index in [0.29, 0.717) is 12.1 Å². The minimum atomic E-state index is -0.265. The molecule has 0 N–H and O–H groups in total. The zero-order chi connectivity index (χ0) is 13.1. The number of hydrogen-bond donors (Lipinski definition) is 0. The van der Waals surface area contributed by atoms with Crippen LogP contribution in [0.2, 0.25) is 0 Å². The fourth-order valence-electron chi connectivity index (χ4n) is 1.57. The predicted octanol–water partition coefficient (Wildman–Crippen LogP) is 3.92. The first-order chi connectivity index (χ1) is 8.60. The molecular formula is C12H12BrClFN3. The van der Waals surface area contributed by atoms with Crippen LogP contribution in [0.3, 0.4) is 0 Å². The van der Waals surface area contributed by atoms with Crippen molar-refractivity contribution >= 4 is 27.5 Å². The molecule has 1 aromatic carbocycles. The van der Waals surface area contributed by atoms with E-state index < -0.39 is 0 Å². The Balaban J connectivity index is 2.16. The molecule has 96 valence electrons. The van der Waals surface area contributed by atoms with E-state index in [1.54, 1.807) is 23.0 Å². The van der Waals surface area contributed by atoms with E-state index in [9.17, 15) is 4.39 Å². The second kappa shape index (κ2) is 5.80. The van der Waals surface area contributed by atoms with Gasteiger partial charge in [-0.05, 0) is 18.6 Å². The van der Waals surface area contributed by atoms with E-state index in [4.69, 9.17) is 11.6 Å². The van der Waals surface area contributed by atoms with E-state index in [0.717, 1.165) is 16.6 Å². The van der Waals surface area contributed by atoms with Crippen LogP contribution in [0.25, 0.3) is 0 Å². The molecule has 2 rings (SSSR count). The highest BCUT2D eigenvalue weighted by atomic mass is 79.9. The van der Waals surface area contributed by atoms with Crippen molar-refractivity contribution < 1.29 is 4.39 Å². The topological polar surface area (TPSA) is 30.7 Å². The van der Waals surface area contributed by atoms with E-state index in [1.165, 1.54) is 6.07 Å². The van der Waals surface area contributed by atoms with Crippen molar-refractivity contribution in [2.24, 2.45) is 0 Å². The van der Waals surface area contributed by atoms with Gasteiger partial charge in [-0.2, -0.15) is 0 Å². The maximum atomic E-state index is 13.7. The Morgan fingerprint density at radius 1 is 1.50 bits per heavy atom. The normalized spacial score (nSPS) is 12.7. The first-order valence-electron chi connectivity index (χ1n) is 5.58. The third-order valence-corrected chi connectivity index (χ3v) is 3.61. The molecule has 0 saturated carbocycles. The molecule has 1 heterocycles. The van der Waals surface area contributed by atoms with Crippen molar-refractivity contribution in [1.82, 2.24) is 15.0 Å². The van der Waals surface area contributed by atoms with Crippen LogP contribution in [0, 0.1) is 5.82 Å². The zero-order valence-electron chi connectivity index (χ0n) is 9.78. The van der Waals surface area contributed by atoms with Crippen molar-refractivity contribution in [3.63, 3.8) is 0 Å². The lowest BCUT2D eigenvalue weighted by molar-refractivity contribution is 0.576. The Hall–Kier alpha value is -0.940. The quantitative estimate of drug-likeness (QED) is 0.795. The summed E-state index contributed by atoms with van der Waals surface area (Å²) >= 11 is 9.28. The van der Waals surface area contributed by atoms with Crippen molar-refractivity contribution in [2.75, 3.05) is 0 Å². The van der Waals surface area contributed by atoms with Crippen LogP contribution in [0.15, 0.2) is 28.9 Å². The maximum Gasteiger partial charge on any atom is 0.129 e. The summed E-state index contributed by atoms with van der Waals surface area (Å²) in [7, 11) is 0. The number of hydrogen-bond acceptors (Lipinski definition) is 2. The van der Waals surface area contributed by atoms with Gasteiger partial charge >= 0.3 is 0 Å². The number of alkyl halides is 1. The Morgan fingerprint density at radius 3 is 2.94 bits per heavy atom. The summed E-state index contributed by atoms with van der Waals surface area (Å²) in [6, 6.07) is 4.95. The first kappa shape index (κ1) is 13.5. The van der Waals surface area contributed by atoms with Crippen molar-refractivity contribution in [3.05, 3.63) is 45.9 Å². The molecule has 2 aromatic rings. The van der Waals surface area contributed by atoms with Gasteiger partial charge in [-0.3, -0.25) is 0 Å². The third kappa shape index (κ3) is 3.09. The van der Waals surface area contributed by atoms with E-state index in [-0.39, 0.29) is 11.2 Å². The van der Waals surface area contributed by atoms with Gasteiger partial charge in [0.2, 0.25) is 0 Å². The highest BCUT2D eigenvalue weighted by Gasteiger charge is 2.11. The predicted molar refractivity (Wildman–Crippen MR) is 72.1 cm³/mol. The lowest BCUT2D eigenvalue weighted by Crippen LogP contribution is -2.02. The Morgan fingerprint density at radius 2 is 2.28 bits per heavy atom. The molecule has 0 radical (unpaired) electrons. The van der Waals surface area contributed by atoms with Crippen molar-refractivity contribution in [2.45, 2.75) is 25.3 Å². The third-order valence-electron chi connectivity index (χ3n) is 2.58. The molecule has 0 amide bonds. The van der Waals surface area contributed by atoms with E-state index >= 15 is 0 Å². The van der Waals surface area contributed by atoms with Gasteiger partial charge in [0.1, 0.15) is 11.5 Å². The molecule has 6 heteroatoms. The van der Waals surface area contributed by atoms with Gasteiger partial charge < -0.3 is 0 Å². The van der Waals surface area contributed by atoms with Gasteiger partial charge in [0.25, 0.3) is 0 Å². The Labute approximate surface area is 118 Å². The average molecular weight is 333 g/mol. The molecule has 0 aliphatic rings. The summed E-state index contributed by atoms with van der Waals surface area (Å²) in [5.41, 5.74) is 1.29. The summed E-state index contributed by atoms with van der Waals surface area (Å²) in [5, 5.41) is 7.78. The minimum Gasteiger partial charge on any atom is -0.248 e. The Bertz CT molecular complexity index is 544. The summed E-state index contributed by atoms with van der Waals surface area (Å²) in [4.78, 5) is 0. The van der Waals surface area contributed by atoms with Crippen LogP contribution < -0.4 is 0 Å². The van der Waals surface area contributed by atoms with Crippen LogP contribution in [-0.4, -0.2) is 15.0 Å². The molecule has 0 spiro atoms. The number of aromatic nitrogens is 3. The molecule has 1 atom stereocenters. The molecular weight excluding hydrogens is 321 g/mol. The molecule has 0 saturated heterocycles. The number of rotatable bonds is 4. The molecule has 3 nitrogen and oxygen atoms in total. The summed E-state index contributed by atoms with van der Waals surface area (Å²) in [6.07, 6.45) is 2.54. The summed E-state index contributed by atoms with van der Waals surface area (Å²) in [6.45, 7) is 2.32. The molecule has 1 unspecified atom stereocenters. The fourth-order valence-corrected chi connectivity index (χ4v) is 2.00. The summed E-state index contributed by atoms with van der Waals surface area (Å²) < 4.78 is 16.0. The van der Waals surface area contributed by atoms with Crippen LogP contribution in [0.4, 0.5) is 4.39 Å². The largest absolute Gasteiger partial charge is 0.248 e. The van der Waals surface area contributed by atoms with Gasteiger partial charge in [0, 0.05) is 10.0 Å². The standard InChI is InChI=1S/C12H12BrClFN3/c1-2-10(14)12-7-18(17-16-12)6-8-3-4-9(13)5-11(8)15/h3-5,7,10H,2,6H2,1H3. The molecule has 18 heavy (non-hydrogen) atoms. The Kier molecular flexibility index (Phi) is 4.35. The second-order valence-corrected chi connectivity index (χ2v) is 5.40. The van der Waals surface area contributed by atoms with Crippen LogP contribution >= 0.6 is 27.5 Å². The van der Waals surface area contributed by atoms with Crippen LogP contribution in [-0.2, 0) is 6.54 Å². The number of halogens is 3. The first-order valence-corrected chi connectivity index (χ1v) is 6.81. The van der Waals surface area contributed by atoms with Gasteiger partial charge in [0.05, 0.1) is 18.1 Å². The van der Waals surface area contributed by atoms with Gasteiger partial charge in [-0.15, -0.1) is 16.7 Å². The van der Waals surface area contributed by atoms with E-state index in [1.807, 2.05) is 6.92 Å². The smallest absolute Gasteiger partial charge is 0.129 e. The lowest BCUT2D eigenvalue weighted by Gasteiger charge is -2.03. The number of nitrogens with zero attached hydrogens (tertiary/aromatic N) is 3. The van der Waals surface area contributed by atoms with Gasteiger partial charge in [0.15, 0.2) is 0 Å². The van der Waals surface area contributed by atoms with E-state index in [2.05, 4.69) is 26.2 Å². The SMILES string of the molecule is CCC(Cl)c1cn(Cc2ccc(Br)cc2F)nn1. The highest BCUT2D eigenvalue weighted by Crippen LogP contribution is 2.21. The molecule has 0 aliphatic carbocycles. The minimum absolute atomic E-state index is 0.145. The zero-order valence-corrected chi connectivity index (χ0v) is 12.1. The molecule has 1 aromatic heterocycles. The maximum absolute atomic E-state index is 13.7. The molecule has 0 fully saturated rings. The second-order valence-electron chi connectivity index (χ2n) is 3.95. The van der Waals surface area contributed by atoms with Crippen LogP contribution in [0.5, 0.6) is 0 Å². The monoisotopic (exact) mass is 331 g/mol. The average Bonchev–Trinajstić information content (AvgIpc) is 2.80. The van der Waals surface area contributed by atoms with Crippen molar-refractivity contribution in [1.29, 1.82) is 0 Å². The molecule has 0 bridgehead atoms. The van der Waals surface area contributed by atoms with Crippen molar-refractivity contribution in [3.8, 4) is 0 Å². The number of benzene rings is 1. The van der Waals surface area contributed by atoms with Gasteiger partial charge in [-0.25, -0.2) is 9.07 Å².